The normalized spacial score (nSPS) is 16.4. The summed E-state index contributed by atoms with van der Waals surface area (Å²) in [5, 5.41) is 11.0. The SMILES string of the molecule is O=CN(O)C1(CS(=O)(=O)c2ccc(Oc3ccc(Cl)cc3)cc2)CCOCC1. The van der Waals surface area contributed by atoms with Crippen LogP contribution in [0.5, 0.6) is 11.5 Å². The molecule has 0 radical (unpaired) electrons. The molecule has 2 aromatic rings. The lowest BCUT2D eigenvalue weighted by Crippen LogP contribution is -2.54. The van der Waals surface area contributed by atoms with Crippen LogP contribution in [-0.4, -0.2) is 49.6 Å². The van der Waals surface area contributed by atoms with Gasteiger partial charge in [0.25, 0.3) is 0 Å². The number of ether oxygens (including phenoxy) is 2. The average molecular weight is 426 g/mol. The zero-order valence-electron chi connectivity index (χ0n) is 15.0. The van der Waals surface area contributed by atoms with Gasteiger partial charge in [-0.15, -0.1) is 0 Å². The maximum atomic E-state index is 12.9. The molecule has 0 atom stereocenters. The van der Waals surface area contributed by atoms with Crippen LogP contribution in [0.4, 0.5) is 0 Å². The van der Waals surface area contributed by atoms with Crippen LogP contribution >= 0.6 is 11.6 Å². The number of carbonyl (C=O) groups excluding carboxylic acids is 1. The molecule has 7 nitrogen and oxygen atoms in total. The molecule has 0 unspecified atom stereocenters. The van der Waals surface area contributed by atoms with E-state index in [9.17, 15) is 18.4 Å². The van der Waals surface area contributed by atoms with Gasteiger partial charge in [-0.2, -0.15) is 0 Å². The van der Waals surface area contributed by atoms with Crippen molar-refractivity contribution >= 4 is 27.8 Å². The van der Waals surface area contributed by atoms with Crippen LogP contribution < -0.4 is 4.74 Å². The molecule has 28 heavy (non-hydrogen) atoms. The summed E-state index contributed by atoms with van der Waals surface area (Å²) in [7, 11) is -3.76. The number of amides is 1. The van der Waals surface area contributed by atoms with Gasteiger partial charge in [-0.3, -0.25) is 10.0 Å². The number of carbonyl (C=O) groups is 1. The molecule has 1 saturated heterocycles. The highest BCUT2D eigenvalue weighted by Crippen LogP contribution is 2.31. The fourth-order valence-corrected chi connectivity index (χ4v) is 5.07. The monoisotopic (exact) mass is 425 g/mol. The van der Waals surface area contributed by atoms with E-state index in [1.807, 2.05) is 0 Å². The van der Waals surface area contributed by atoms with Crippen molar-refractivity contribution in [3.8, 4) is 11.5 Å². The van der Waals surface area contributed by atoms with E-state index in [4.69, 9.17) is 21.1 Å². The molecule has 9 heteroatoms. The molecular weight excluding hydrogens is 406 g/mol. The summed E-state index contributed by atoms with van der Waals surface area (Å²) >= 11 is 5.84. The second-order valence-electron chi connectivity index (χ2n) is 6.57. The second-order valence-corrected chi connectivity index (χ2v) is 9.00. The second kappa shape index (κ2) is 8.48. The van der Waals surface area contributed by atoms with E-state index >= 15 is 0 Å². The average Bonchev–Trinajstić information content (AvgIpc) is 2.70. The topological polar surface area (TPSA) is 93.1 Å². The highest BCUT2D eigenvalue weighted by atomic mass is 35.5. The lowest BCUT2D eigenvalue weighted by atomic mass is 9.92. The summed E-state index contributed by atoms with van der Waals surface area (Å²) in [4.78, 5) is 11.2. The van der Waals surface area contributed by atoms with Crippen molar-refractivity contribution < 1.29 is 27.9 Å². The Balaban J connectivity index is 1.77. The molecule has 0 bridgehead atoms. The predicted octanol–water partition coefficient (Wildman–Crippen LogP) is 3.30. The van der Waals surface area contributed by atoms with E-state index < -0.39 is 21.1 Å². The number of benzene rings is 2. The number of rotatable bonds is 7. The number of nitrogens with zero attached hydrogens (tertiary/aromatic N) is 1. The van der Waals surface area contributed by atoms with Crippen LogP contribution in [0.15, 0.2) is 53.4 Å². The predicted molar refractivity (Wildman–Crippen MR) is 102 cm³/mol. The van der Waals surface area contributed by atoms with Gasteiger partial charge in [0.2, 0.25) is 6.41 Å². The molecule has 3 rings (SSSR count). The van der Waals surface area contributed by atoms with Crippen molar-refractivity contribution in [2.24, 2.45) is 0 Å². The van der Waals surface area contributed by atoms with Crippen LogP contribution in [0, 0.1) is 0 Å². The number of hydroxylamine groups is 2. The molecular formula is C19H20ClNO6S. The number of hydrogen-bond acceptors (Lipinski definition) is 6. The molecule has 1 amide bonds. The quantitative estimate of drug-likeness (QED) is 0.415. The molecule has 0 spiro atoms. The van der Waals surface area contributed by atoms with Crippen molar-refractivity contribution in [3.63, 3.8) is 0 Å². The Kier molecular flexibility index (Phi) is 6.24. The van der Waals surface area contributed by atoms with Gasteiger partial charge < -0.3 is 9.47 Å². The minimum absolute atomic E-state index is 0.0844. The fourth-order valence-electron chi connectivity index (χ4n) is 3.09. The number of halogens is 1. The van der Waals surface area contributed by atoms with Gasteiger partial charge in [-0.1, -0.05) is 11.6 Å². The number of hydrogen-bond donors (Lipinski definition) is 1. The molecule has 150 valence electrons. The van der Waals surface area contributed by atoms with E-state index in [2.05, 4.69) is 0 Å². The van der Waals surface area contributed by atoms with Crippen LogP contribution in [0.2, 0.25) is 5.02 Å². The largest absolute Gasteiger partial charge is 0.457 e. The third-order valence-electron chi connectivity index (χ3n) is 4.70. The van der Waals surface area contributed by atoms with E-state index in [0.717, 1.165) is 0 Å². The summed E-state index contributed by atoms with van der Waals surface area (Å²) in [5.41, 5.74) is -1.20. The zero-order valence-corrected chi connectivity index (χ0v) is 16.5. The highest BCUT2D eigenvalue weighted by Gasteiger charge is 2.42. The molecule has 1 aliphatic heterocycles. The third-order valence-corrected chi connectivity index (χ3v) is 6.86. The van der Waals surface area contributed by atoms with Gasteiger partial charge in [0.1, 0.15) is 11.5 Å². The lowest BCUT2D eigenvalue weighted by Gasteiger charge is -2.40. The minimum Gasteiger partial charge on any atom is -0.457 e. The first-order valence-electron chi connectivity index (χ1n) is 8.62. The Labute approximate surface area is 168 Å². The summed E-state index contributed by atoms with van der Waals surface area (Å²) in [6.45, 7) is 0.544. The first-order valence-corrected chi connectivity index (χ1v) is 10.7. The fraction of sp³-hybridized carbons (Fsp3) is 0.316. The molecule has 1 heterocycles. The van der Waals surface area contributed by atoms with Crippen LogP contribution in [0.3, 0.4) is 0 Å². The van der Waals surface area contributed by atoms with Gasteiger partial charge >= 0.3 is 0 Å². The summed E-state index contributed by atoms with van der Waals surface area (Å²) in [5.74, 6) is 0.650. The van der Waals surface area contributed by atoms with Crippen molar-refractivity contribution in [1.29, 1.82) is 0 Å². The summed E-state index contributed by atoms with van der Waals surface area (Å²) in [6, 6.07) is 12.8. The number of sulfone groups is 1. The Morgan fingerprint density at radius 3 is 2.14 bits per heavy atom. The Morgan fingerprint density at radius 2 is 1.61 bits per heavy atom. The Hall–Kier alpha value is -2.13. The summed E-state index contributed by atoms with van der Waals surface area (Å²) in [6.07, 6.45) is 0.711. The van der Waals surface area contributed by atoms with Gasteiger partial charge in [0.15, 0.2) is 9.84 Å². The van der Waals surface area contributed by atoms with Gasteiger partial charge in [-0.05, 0) is 61.4 Å². The third kappa shape index (κ3) is 4.64. The molecule has 1 aliphatic rings. The molecule has 0 aliphatic carbocycles. The highest BCUT2D eigenvalue weighted by molar-refractivity contribution is 7.91. The minimum atomic E-state index is -3.76. The first kappa shape index (κ1) is 20.6. The van der Waals surface area contributed by atoms with Crippen molar-refractivity contribution in [2.75, 3.05) is 19.0 Å². The Bertz CT molecular complexity index is 908. The molecule has 1 fully saturated rings. The maximum absolute atomic E-state index is 12.9. The zero-order chi connectivity index (χ0) is 20.2. The Morgan fingerprint density at radius 1 is 1.07 bits per heavy atom. The van der Waals surface area contributed by atoms with E-state index in [1.54, 1.807) is 36.4 Å². The van der Waals surface area contributed by atoms with Gasteiger partial charge in [0.05, 0.1) is 16.2 Å². The van der Waals surface area contributed by atoms with E-state index in [1.165, 1.54) is 12.1 Å². The maximum Gasteiger partial charge on any atom is 0.233 e. The summed E-state index contributed by atoms with van der Waals surface area (Å²) < 4.78 is 36.7. The molecule has 0 saturated carbocycles. The van der Waals surface area contributed by atoms with Crippen molar-refractivity contribution in [2.45, 2.75) is 23.3 Å². The molecule has 2 aromatic carbocycles. The van der Waals surface area contributed by atoms with E-state index in [-0.39, 0.29) is 37.4 Å². The molecule has 0 aromatic heterocycles. The molecule has 1 N–H and O–H groups in total. The van der Waals surface area contributed by atoms with Crippen LogP contribution in [0.1, 0.15) is 12.8 Å². The van der Waals surface area contributed by atoms with Crippen molar-refractivity contribution in [1.82, 2.24) is 5.06 Å². The van der Waals surface area contributed by atoms with Gasteiger partial charge in [-0.25, -0.2) is 13.5 Å². The smallest absolute Gasteiger partial charge is 0.233 e. The van der Waals surface area contributed by atoms with Crippen LogP contribution in [-0.2, 0) is 19.4 Å². The van der Waals surface area contributed by atoms with Crippen molar-refractivity contribution in [3.05, 3.63) is 53.6 Å². The lowest BCUT2D eigenvalue weighted by molar-refractivity contribution is -0.188. The standard InChI is InChI=1S/C19H20ClNO6S/c20-15-1-3-16(4-2-15)27-17-5-7-18(8-6-17)28(24,25)13-19(21(23)14-22)9-11-26-12-10-19/h1-8,14,23H,9-13H2. The first-order chi connectivity index (χ1) is 13.3. The van der Waals surface area contributed by atoms with E-state index in [0.29, 0.717) is 21.6 Å². The van der Waals surface area contributed by atoms with Crippen LogP contribution in [0.25, 0.3) is 0 Å². The van der Waals surface area contributed by atoms with Gasteiger partial charge in [0, 0.05) is 18.2 Å².